The van der Waals surface area contributed by atoms with Gasteiger partial charge in [0.15, 0.2) is 0 Å². The Morgan fingerprint density at radius 3 is 2.96 bits per heavy atom. The Hall–Kier alpha value is -2.30. The van der Waals surface area contributed by atoms with E-state index in [1.54, 1.807) is 0 Å². The van der Waals surface area contributed by atoms with Gasteiger partial charge in [0.1, 0.15) is 23.2 Å². The van der Waals surface area contributed by atoms with Crippen LogP contribution in [0.2, 0.25) is 0 Å². The molecule has 0 amide bonds. The first kappa shape index (κ1) is 17.1. The minimum absolute atomic E-state index is 0.00328. The molecule has 7 heteroatoms. The summed E-state index contributed by atoms with van der Waals surface area (Å²) in [5, 5.41) is 10.7. The summed E-state index contributed by atoms with van der Waals surface area (Å²) in [5.74, 6) is 1.03. The maximum Gasteiger partial charge on any atom is 0.267 e. The van der Waals surface area contributed by atoms with Gasteiger partial charge in [-0.2, -0.15) is 5.26 Å². The summed E-state index contributed by atoms with van der Waals surface area (Å²) >= 11 is 4.97. The summed E-state index contributed by atoms with van der Waals surface area (Å²) in [6, 6.07) is 10.0. The van der Waals surface area contributed by atoms with Crippen LogP contribution in [0.4, 0.5) is 4.39 Å². The van der Waals surface area contributed by atoms with Gasteiger partial charge in [0.25, 0.3) is 5.56 Å². The highest BCUT2D eigenvalue weighted by Crippen LogP contribution is 2.36. The van der Waals surface area contributed by atoms with Crippen molar-refractivity contribution in [2.24, 2.45) is 0 Å². The molecule has 0 saturated heterocycles. The van der Waals surface area contributed by atoms with Crippen molar-refractivity contribution in [2.45, 2.75) is 17.2 Å². The first-order valence-electron chi connectivity index (χ1n) is 7.89. The van der Waals surface area contributed by atoms with Crippen LogP contribution in [0.5, 0.6) is 5.75 Å². The fraction of sp³-hybridized carbons (Fsp3) is 0.158. The average Bonchev–Trinajstić information content (AvgIpc) is 3.07. The van der Waals surface area contributed by atoms with Gasteiger partial charge in [-0.3, -0.25) is 4.79 Å². The van der Waals surface area contributed by atoms with E-state index in [1.165, 1.54) is 35.5 Å². The number of thioether (sulfide) groups is 1. The molecule has 130 valence electrons. The minimum Gasteiger partial charge on any atom is -0.493 e. The standard InChI is InChI=1S/C19H12BrFN2O2S/c20-16-5-10-3-4-25-17(10)6-11(16)9-26-19-14-7-12(21)1-2-13(14)15(8-22)18(24)23-19/h1-2,5-7H,3-4,9H2,(H,23,24). The maximum atomic E-state index is 13.7. The average molecular weight is 431 g/mol. The van der Waals surface area contributed by atoms with E-state index >= 15 is 0 Å². The molecule has 0 bridgehead atoms. The SMILES string of the molecule is N#Cc1c(=O)[nH]c(SCc2cc3c(cc2Br)CCO3)c2cc(F)ccc12. The molecule has 0 unspecified atom stereocenters. The quantitative estimate of drug-likeness (QED) is 0.619. The molecule has 1 N–H and O–H groups in total. The number of fused-ring (bicyclic) bond motifs is 2. The third-order valence-corrected chi connectivity index (χ3v) is 6.10. The monoisotopic (exact) mass is 430 g/mol. The van der Waals surface area contributed by atoms with E-state index in [0.717, 1.165) is 22.2 Å². The number of nitrogens with one attached hydrogen (secondary N) is 1. The number of H-pyrrole nitrogens is 1. The maximum absolute atomic E-state index is 13.7. The predicted molar refractivity (Wildman–Crippen MR) is 102 cm³/mol. The number of aromatic amines is 1. The second-order valence-corrected chi connectivity index (χ2v) is 7.74. The van der Waals surface area contributed by atoms with Crippen molar-refractivity contribution in [2.75, 3.05) is 6.61 Å². The van der Waals surface area contributed by atoms with E-state index in [2.05, 4.69) is 27.0 Å². The van der Waals surface area contributed by atoms with Crippen molar-refractivity contribution in [3.63, 3.8) is 0 Å². The van der Waals surface area contributed by atoms with Gasteiger partial charge in [-0.25, -0.2) is 4.39 Å². The zero-order valence-electron chi connectivity index (χ0n) is 13.4. The molecule has 0 spiro atoms. The van der Waals surface area contributed by atoms with Crippen LogP contribution in [0.1, 0.15) is 16.7 Å². The highest BCUT2D eigenvalue weighted by Gasteiger charge is 2.17. The van der Waals surface area contributed by atoms with E-state index in [9.17, 15) is 14.4 Å². The molecular weight excluding hydrogens is 419 g/mol. The third kappa shape index (κ3) is 3.00. The molecule has 1 aliphatic heterocycles. The number of rotatable bonds is 3. The first-order chi connectivity index (χ1) is 12.6. The Morgan fingerprint density at radius 1 is 1.31 bits per heavy atom. The highest BCUT2D eigenvalue weighted by atomic mass is 79.9. The van der Waals surface area contributed by atoms with E-state index < -0.39 is 11.4 Å². The van der Waals surface area contributed by atoms with Crippen LogP contribution < -0.4 is 10.3 Å². The Labute approximate surface area is 161 Å². The molecule has 0 saturated carbocycles. The highest BCUT2D eigenvalue weighted by molar-refractivity contribution is 9.10. The summed E-state index contributed by atoms with van der Waals surface area (Å²) in [4.78, 5) is 14.9. The first-order valence-corrected chi connectivity index (χ1v) is 9.67. The van der Waals surface area contributed by atoms with Gasteiger partial charge in [0.05, 0.1) is 11.6 Å². The summed E-state index contributed by atoms with van der Waals surface area (Å²) < 4.78 is 20.3. The summed E-state index contributed by atoms with van der Waals surface area (Å²) in [7, 11) is 0. The van der Waals surface area contributed by atoms with E-state index in [0.29, 0.717) is 28.2 Å². The number of hydrogen-bond acceptors (Lipinski definition) is 4. The van der Waals surface area contributed by atoms with Gasteiger partial charge in [0.2, 0.25) is 0 Å². The van der Waals surface area contributed by atoms with E-state index in [4.69, 9.17) is 4.74 Å². The van der Waals surface area contributed by atoms with Crippen molar-refractivity contribution in [3.8, 4) is 11.8 Å². The summed E-state index contributed by atoms with van der Waals surface area (Å²) in [6.45, 7) is 0.686. The molecule has 0 atom stereocenters. The Morgan fingerprint density at radius 2 is 2.15 bits per heavy atom. The molecule has 0 fully saturated rings. The van der Waals surface area contributed by atoms with Crippen molar-refractivity contribution < 1.29 is 9.13 Å². The zero-order chi connectivity index (χ0) is 18.3. The zero-order valence-corrected chi connectivity index (χ0v) is 15.8. The fourth-order valence-corrected chi connectivity index (χ4v) is 4.74. The van der Waals surface area contributed by atoms with Crippen LogP contribution in [-0.4, -0.2) is 11.6 Å². The molecule has 2 aromatic carbocycles. The minimum atomic E-state index is -0.467. The molecule has 1 aromatic heterocycles. The lowest BCUT2D eigenvalue weighted by atomic mass is 10.1. The molecule has 2 heterocycles. The van der Waals surface area contributed by atoms with E-state index in [1.807, 2.05) is 12.1 Å². The largest absolute Gasteiger partial charge is 0.493 e. The number of nitrogens with zero attached hydrogens (tertiary/aromatic N) is 1. The van der Waals surface area contributed by atoms with Gasteiger partial charge < -0.3 is 9.72 Å². The smallest absolute Gasteiger partial charge is 0.267 e. The van der Waals surface area contributed by atoms with Crippen molar-refractivity contribution in [1.29, 1.82) is 5.26 Å². The lowest BCUT2D eigenvalue weighted by Gasteiger charge is -2.10. The molecule has 4 rings (SSSR count). The molecule has 26 heavy (non-hydrogen) atoms. The van der Waals surface area contributed by atoms with Crippen LogP contribution in [0, 0.1) is 17.1 Å². The number of halogens is 2. The number of aromatic nitrogens is 1. The second kappa shape index (κ2) is 6.78. The summed E-state index contributed by atoms with van der Waals surface area (Å²) in [6.07, 6.45) is 0.897. The fourth-order valence-electron chi connectivity index (χ4n) is 3.00. The van der Waals surface area contributed by atoms with Gasteiger partial charge in [-0.15, -0.1) is 11.8 Å². The summed E-state index contributed by atoms with van der Waals surface area (Å²) in [5.41, 5.74) is 1.72. The number of hydrogen-bond donors (Lipinski definition) is 1. The van der Waals surface area contributed by atoms with Gasteiger partial charge in [-0.1, -0.05) is 15.9 Å². The second-order valence-electron chi connectivity index (χ2n) is 5.90. The topological polar surface area (TPSA) is 65.9 Å². The van der Waals surface area contributed by atoms with Gasteiger partial charge in [0, 0.05) is 27.4 Å². The number of pyridine rings is 1. The predicted octanol–water partition coefficient (Wildman–Crippen LogP) is 4.53. The van der Waals surface area contributed by atoms with Gasteiger partial charge >= 0.3 is 0 Å². The Balaban J connectivity index is 1.73. The normalized spacial score (nSPS) is 12.7. The Bertz CT molecular complexity index is 1140. The van der Waals surface area contributed by atoms with Crippen molar-refractivity contribution in [3.05, 3.63) is 67.7 Å². The lowest BCUT2D eigenvalue weighted by molar-refractivity contribution is 0.356. The van der Waals surface area contributed by atoms with Gasteiger partial charge in [-0.05, 0) is 41.5 Å². The number of benzene rings is 2. The van der Waals surface area contributed by atoms with Crippen molar-refractivity contribution in [1.82, 2.24) is 4.98 Å². The lowest BCUT2D eigenvalue weighted by Crippen LogP contribution is -2.11. The van der Waals surface area contributed by atoms with Crippen molar-refractivity contribution >= 4 is 38.5 Å². The third-order valence-electron chi connectivity index (χ3n) is 4.29. The number of nitriles is 1. The molecule has 0 aliphatic carbocycles. The van der Waals surface area contributed by atoms with Crippen LogP contribution >= 0.6 is 27.7 Å². The Kier molecular flexibility index (Phi) is 4.47. The molecule has 1 aliphatic rings. The van der Waals surface area contributed by atoms with Crippen LogP contribution in [0.25, 0.3) is 10.8 Å². The van der Waals surface area contributed by atoms with Crippen LogP contribution in [0.3, 0.4) is 0 Å². The molecular formula is C19H12BrFN2O2S. The molecule has 4 nitrogen and oxygen atoms in total. The van der Waals surface area contributed by atoms with Crippen LogP contribution in [0.15, 0.2) is 44.6 Å². The van der Waals surface area contributed by atoms with Crippen LogP contribution in [-0.2, 0) is 12.2 Å². The van der Waals surface area contributed by atoms with E-state index in [-0.39, 0.29) is 5.56 Å². The number of ether oxygens (including phenoxy) is 1. The molecule has 3 aromatic rings. The molecule has 0 radical (unpaired) electrons.